The standard InChI is InChI=1S/C16H22O3/c1-11-4-6-15(8-12(11)2)19-16-9-14(18-3)7-5-13(16)10-17/h5,7,9-12,15H,4,6,8H2,1-3H3. The Morgan fingerprint density at radius 3 is 2.63 bits per heavy atom. The molecule has 3 atom stereocenters. The third-order valence-electron chi connectivity index (χ3n) is 4.19. The summed E-state index contributed by atoms with van der Waals surface area (Å²) in [6.45, 7) is 4.57. The molecule has 1 saturated carbocycles. The first kappa shape index (κ1) is 13.9. The summed E-state index contributed by atoms with van der Waals surface area (Å²) in [7, 11) is 1.62. The largest absolute Gasteiger partial charge is 0.497 e. The first-order valence-corrected chi connectivity index (χ1v) is 6.94. The van der Waals surface area contributed by atoms with Crippen molar-refractivity contribution in [1.82, 2.24) is 0 Å². The van der Waals surface area contributed by atoms with Gasteiger partial charge in [0.25, 0.3) is 0 Å². The molecule has 3 heteroatoms. The van der Waals surface area contributed by atoms with Crippen molar-refractivity contribution in [3.63, 3.8) is 0 Å². The predicted octanol–water partition coefficient (Wildman–Crippen LogP) is 3.71. The minimum absolute atomic E-state index is 0.206. The summed E-state index contributed by atoms with van der Waals surface area (Å²) in [6.07, 6.45) is 4.34. The Morgan fingerprint density at radius 2 is 2.00 bits per heavy atom. The number of benzene rings is 1. The van der Waals surface area contributed by atoms with Crippen molar-refractivity contribution < 1.29 is 14.3 Å². The number of hydrogen-bond acceptors (Lipinski definition) is 3. The van der Waals surface area contributed by atoms with Crippen LogP contribution in [0.4, 0.5) is 0 Å². The number of hydrogen-bond donors (Lipinski definition) is 0. The van der Waals surface area contributed by atoms with Crippen LogP contribution in [0, 0.1) is 11.8 Å². The molecular weight excluding hydrogens is 240 g/mol. The lowest BCUT2D eigenvalue weighted by Gasteiger charge is -2.32. The van der Waals surface area contributed by atoms with Gasteiger partial charge in [-0.05, 0) is 43.2 Å². The van der Waals surface area contributed by atoms with Gasteiger partial charge >= 0.3 is 0 Å². The number of aldehydes is 1. The van der Waals surface area contributed by atoms with Crippen molar-refractivity contribution in [1.29, 1.82) is 0 Å². The lowest BCUT2D eigenvalue weighted by molar-refractivity contribution is 0.0974. The molecule has 0 bridgehead atoms. The number of carbonyl (C=O) groups excluding carboxylic acids is 1. The van der Waals surface area contributed by atoms with E-state index in [1.54, 1.807) is 25.3 Å². The molecular formula is C16H22O3. The topological polar surface area (TPSA) is 35.5 Å². The van der Waals surface area contributed by atoms with E-state index < -0.39 is 0 Å². The molecule has 0 heterocycles. The van der Waals surface area contributed by atoms with Crippen LogP contribution >= 0.6 is 0 Å². The molecule has 0 saturated heterocycles. The van der Waals surface area contributed by atoms with Crippen LogP contribution in [0.5, 0.6) is 11.5 Å². The van der Waals surface area contributed by atoms with Crippen molar-refractivity contribution in [3.05, 3.63) is 23.8 Å². The zero-order valence-corrected chi connectivity index (χ0v) is 11.9. The first-order chi connectivity index (χ1) is 9.13. The fourth-order valence-corrected chi connectivity index (χ4v) is 2.63. The maximum Gasteiger partial charge on any atom is 0.153 e. The van der Waals surface area contributed by atoms with Crippen LogP contribution in [0.25, 0.3) is 0 Å². The molecule has 1 aromatic rings. The van der Waals surface area contributed by atoms with Crippen LogP contribution < -0.4 is 9.47 Å². The van der Waals surface area contributed by atoms with Gasteiger partial charge in [0.15, 0.2) is 6.29 Å². The van der Waals surface area contributed by atoms with Gasteiger partial charge < -0.3 is 9.47 Å². The summed E-state index contributed by atoms with van der Waals surface area (Å²) < 4.78 is 11.2. The molecule has 1 aliphatic carbocycles. The maximum atomic E-state index is 11.1. The minimum atomic E-state index is 0.206. The van der Waals surface area contributed by atoms with E-state index in [0.29, 0.717) is 17.2 Å². The molecule has 0 N–H and O–H groups in total. The quantitative estimate of drug-likeness (QED) is 0.776. The molecule has 1 aliphatic rings. The van der Waals surface area contributed by atoms with E-state index in [1.165, 1.54) is 6.42 Å². The van der Waals surface area contributed by atoms with Gasteiger partial charge in [-0.1, -0.05) is 13.8 Å². The Bertz CT molecular complexity index is 442. The summed E-state index contributed by atoms with van der Waals surface area (Å²) in [5.74, 6) is 2.79. The Labute approximate surface area is 114 Å². The van der Waals surface area contributed by atoms with Crippen molar-refractivity contribution in [2.75, 3.05) is 7.11 Å². The van der Waals surface area contributed by atoms with E-state index in [2.05, 4.69) is 13.8 Å². The van der Waals surface area contributed by atoms with Gasteiger partial charge in [0.05, 0.1) is 18.8 Å². The van der Waals surface area contributed by atoms with Crippen LogP contribution in [0.1, 0.15) is 43.5 Å². The molecule has 0 radical (unpaired) electrons. The Hall–Kier alpha value is -1.51. The summed E-state index contributed by atoms with van der Waals surface area (Å²) in [4.78, 5) is 11.1. The van der Waals surface area contributed by atoms with E-state index in [-0.39, 0.29) is 6.10 Å². The molecule has 0 spiro atoms. The predicted molar refractivity (Wildman–Crippen MR) is 75.0 cm³/mol. The molecule has 3 nitrogen and oxygen atoms in total. The lowest BCUT2D eigenvalue weighted by atomic mass is 9.80. The second-order valence-corrected chi connectivity index (χ2v) is 5.53. The number of methoxy groups -OCH3 is 1. The SMILES string of the molecule is COc1ccc(C=O)c(OC2CCC(C)C(C)C2)c1. The molecule has 19 heavy (non-hydrogen) atoms. The van der Waals surface area contributed by atoms with Gasteiger partial charge in [0.1, 0.15) is 11.5 Å². The Kier molecular flexibility index (Phi) is 4.46. The number of rotatable bonds is 4. The van der Waals surface area contributed by atoms with Gasteiger partial charge in [-0.15, -0.1) is 0 Å². The smallest absolute Gasteiger partial charge is 0.153 e. The maximum absolute atomic E-state index is 11.1. The summed E-state index contributed by atoms with van der Waals surface area (Å²) in [6, 6.07) is 5.32. The second-order valence-electron chi connectivity index (χ2n) is 5.53. The summed E-state index contributed by atoms with van der Waals surface area (Å²) >= 11 is 0. The van der Waals surface area contributed by atoms with Crippen LogP contribution in [-0.4, -0.2) is 19.5 Å². The normalized spacial score (nSPS) is 26.8. The molecule has 2 rings (SSSR count). The van der Waals surface area contributed by atoms with E-state index in [0.717, 1.165) is 30.8 Å². The molecule has 3 unspecified atom stereocenters. The van der Waals surface area contributed by atoms with E-state index in [1.807, 2.05) is 0 Å². The van der Waals surface area contributed by atoms with E-state index in [9.17, 15) is 4.79 Å². The fourth-order valence-electron chi connectivity index (χ4n) is 2.63. The zero-order chi connectivity index (χ0) is 13.8. The van der Waals surface area contributed by atoms with E-state index in [4.69, 9.17) is 9.47 Å². The molecule has 0 aliphatic heterocycles. The molecule has 1 fully saturated rings. The number of ether oxygens (including phenoxy) is 2. The molecule has 0 aromatic heterocycles. The van der Waals surface area contributed by atoms with Crippen molar-refractivity contribution >= 4 is 6.29 Å². The third-order valence-corrected chi connectivity index (χ3v) is 4.19. The highest BCUT2D eigenvalue weighted by atomic mass is 16.5. The highest BCUT2D eigenvalue weighted by Gasteiger charge is 2.26. The van der Waals surface area contributed by atoms with Gasteiger partial charge in [-0.3, -0.25) is 4.79 Å². The summed E-state index contributed by atoms with van der Waals surface area (Å²) in [5.41, 5.74) is 0.590. The average molecular weight is 262 g/mol. The van der Waals surface area contributed by atoms with Crippen LogP contribution in [0.2, 0.25) is 0 Å². The molecule has 0 amide bonds. The van der Waals surface area contributed by atoms with Gasteiger partial charge in [0.2, 0.25) is 0 Å². The number of carbonyl (C=O) groups is 1. The Balaban J connectivity index is 2.11. The van der Waals surface area contributed by atoms with Gasteiger partial charge in [-0.2, -0.15) is 0 Å². The monoisotopic (exact) mass is 262 g/mol. The van der Waals surface area contributed by atoms with Crippen LogP contribution in [0.3, 0.4) is 0 Å². The molecule has 104 valence electrons. The molecule has 1 aromatic carbocycles. The third kappa shape index (κ3) is 3.28. The van der Waals surface area contributed by atoms with Crippen LogP contribution in [0.15, 0.2) is 18.2 Å². The van der Waals surface area contributed by atoms with Crippen LogP contribution in [-0.2, 0) is 0 Å². The van der Waals surface area contributed by atoms with Gasteiger partial charge in [-0.25, -0.2) is 0 Å². The second kappa shape index (κ2) is 6.09. The highest BCUT2D eigenvalue weighted by molar-refractivity contribution is 5.79. The van der Waals surface area contributed by atoms with Crippen molar-refractivity contribution in [2.45, 2.75) is 39.2 Å². The minimum Gasteiger partial charge on any atom is -0.497 e. The highest BCUT2D eigenvalue weighted by Crippen LogP contribution is 2.33. The lowest BCUT2D eigenvalue weighted by Crippen LogP contribution is -2.29. The first-order valence-electron chi connectivity index (χ1n) is 6.94. The zero-order valence-electron chi connectivity index (χ0n) is 11.9. The fraction of sp³-hybridized carbons (Fsp3) is 0.562. The Morgan fingerprint density at radius 1 is 1.21 bits per heavy atom. The van der Waals surface area contributed by atoms with Crippen molar-refractivity contribution in [2.24, 2.45) is 11.8 Å². The van der Waals surface area contributed by atoms with Gasteiger partial charge in [0, 0.05) is 6.07 Å². The van der Waals surface area contributed by atoms with E-state index >= 15 is 0 Å². The van der Waals surface area contributed by atoms with Crippen molar-refractivity contribution in [3.8, 4) is 11.5 Å². The average Bonchev–Trinajstić information content (AvgIpc) is 2.43. The summed E-state index contributed by atoms with van der Waals surface area (Å²) in [5, 5.41) is 0.